The maximum Gasteiger partial charge on any atom is 0.341 e. The van der Waals surface area contributed by atoms with Crippen molar-refractivity contribution in [2.75, 3.05) is 24.6 Å². The van der Waals surface area contributed by atoms with Crippen LogP contribution in [0, 0.1) is 0 Å². The molecule has 1 heterocycles. The van der Waals surface area contributed by atoms with Crippen molar-refractivity contribution in [2.24, 2.45) is 0 Å². The summed E-state index contributed by atoms with van der Waals surface area (Å²) >= 11 is 0. The highest BCUT2D eigenvalue weighted by molar-refractivity contribution is 5.68. The van der Waals surface area contributed by atoms with Gasteiger partial charge in [-0.2, -0.15) is 0 Å². The molecule has 4 nitrogen and oxygen atoms in total. The van der Waals surface area contributed by atoms with E-state index in [-0.39, 0.29) is 6.61 Å². The second kappa shape index (κ2) is 4.88. The number of hydrogen-bond acceptors (Lipinski definition) is 3. The van der Waals surface area contributed by atoms with Gasteiger partial charge in [0.15, 0.2) is 6.61 Å². The molecule has 0 aromatic heterocycles. The molecule has 1 N–H and O–H groups in total. The Morgan fingerprint density at radius 1 is 1.25 bits per heavy atom. The molecule has 0 saturated carbocycles. The highest BCUT2D eigenvalue weighted by Gasteiger charge is 2.11. The molecule has 0 atom stereocenters. The molecule has 0 radical (unpaired) electrons. The summed E-state index contributed by atoms with van der Waals surface area (Å²) in [5, 5.41) is 8.47. The van der Waals surface area contributed by atoms with Gasteiger partial charge < -0.3 is 14.7 Å². The zero-order valence-electron chi connectivity index (χ0n) is 9.06. The number of ether oxygens (including phenoxy) is 1. The van der Waals surface area contributed by atoms with Crippen LogP contribution < -0.4 is 9.64 Å². The fourth-order valence-corrected chi connectivity index (χ4v) is 1.87. The van der Waals surface area contributed by atoms with E-state index in [1.807, 2.05) is 24.3 Å². The van der Waals surface area contributed by atoms with Crippen molar-refractivity contribution in [2.45, 2.75) is 12.8 Å². The van der Waals surface area contributed by atoms with Gasteiger partial charge in [0.25, 0.3) is 0 Å². The van der Waals surface area contributed by atoms with Gasteiger partial charge in [-0.05, 0) is 37.1 Å². The molecule has 1 saturated heterocycles. The first kappa shape index (κ1) is 10.8. The molecular formula is C12H15NO3. The molecule has 0 spiro atoms. The molecule has 0 bridgehead atoms. The first-order chi connectivity index (χ1) is 7.75. The predicted molar refractivity (Wildman–Crippen MR) is 61.0 cm³/mol. The van der Waals surface area contributed by atoms with Crippen molar-refractivity contribution in [1.29, 1.82) is 0 Å². The minimum Gasteiger partial charge on any atom is -0.482 e. The minimum absolute atomic E-state index is 0.289. The van der Waals surface area contributed by atoms with Gasteiger partial charge in [-0.3, -0.25) is 0 Å². The Morgan fingerprint density at radius 2 is 1.88 bits per heavy atom. The summed E-state index contributed by atoms with van der Waals surface area (Å²) in [5.41, 5.74) is 1.18. The number of nitrogens with zero attached hydrogens (tertiary/aromatic N) is 1. The Bertz CT molecular complexity index is 355. The van der Waals surface area contributed by atoms with E-state index in [4.69, 9.17) is 9.84 Å². The third-order valence-corrected chi connectivity index (χ3v) is 2.67. The summed E-state index contributed by atoms with van der Waals surface area (Å²) in [7, 11) is 0. The quantitative estimate of drug-likeness (QED) is 0.841. The maximum atomic E-state index is 10.3. The molecule has 0 amide bonds. The van der Waals surface area contributed by atoms with E-state index in [0.717, 1.165) is 13.1 Å². The number of rotatable bonds is 4. The summed E-state index contributed by atoms with van der Waals surface area (Å²) in [6.07, 6.45) is 2.49. The molecule has 0 unspecified atom stereocenters. The topological polar surface area (TPSA) is 49.8 Å². The van der Waals surface area contributed by atoms with Crippen LogP contribution >= 0.6 is 0 Å². The Labute approximate surface area is 94.4 Å². The third kappa shape index (κ3) is 2.66. The zero-order valence-corrected chi connectivity index (χ0v) is 9.06. The van der Waals surface area contributed by atoms with Gasteiger partial charge in [-0.25, -0.2) is 4.79 Å². The van der Waals surface area contributed by atoms with Gasteiger partial charge in [0, 0.05) is 18.8 Å². The monoisotopic (exact) mass is 221 g/mol. The van der Waals surface area contributed by atoms with Crippen molar-refractivity contribution in [3.8, 4) is 5.75 Å². The van der Waals surface area contributed by atoms with E-state index < -0.39 is 5.97 Å². The molecule has 1 aromatic rings. The summed E-state index contributed by atoms with van der Waals surface area (Å²) < 4.78 is 5.07. The average Bonchev–Trinajstić information content (AvgIpc) is 2.80. The predicted octanol–water partition coefficient (Wildman–Crippen LogP) is 1.75. The normalized spacial score (nSPS) is 15.1. The third-order valence-electron chi connectivity index (χ3n) is 2.67. The number of aliphatic carboxylic acids is 1. The lowest BCUT2D eigenvalue weighted by molar-refractivity contribution is -0.139. The lowest BCUT2D eigenvalue weighted by Crippen LogP contribution is -2.17. The number of benzene rings is 1. The fourth-order valence-electron chi connectivity index (χ4n) is 1.87. The highest BCUT2D eigenvalue weighted by atomic mass is 16.5. The number of hydrogen-bond donors (Lipinski definition) is 1. The summed E-state index contributed by atoms with van der Waals surface area (Å²) in [6, 6.07) is 7.58. The van der Waals surface area contributed by atoms with Gasteiger partial charge in [0.05, 0.1) is 0 Å². The summed E-state index contributed by atoms with van der Waals surface area (Å²) in [6.45, 7) is 1.92. The van der Waals surface area contributed by atoms with E-state index in [9.17, 15) is 4.79 Å². The number of anilines is 1. The molecule has 2 rings (SSSR count). The van der Waals surface area contributed by atoms with Crippen molar-refractivity contribution in [1.82, 2.24) is 0 Å². The van der Waals surface area contributed by atoms with Crippen LogP contribution in [0.4, 0.5) is 5.69 Å². The molecule has 4 heteroatoms. The first-order valence-electron chi connectivity index (χ1n) is 5.45. The van der Waals surface area contributed by atoms with E-state index >= 15 is 0 Å². The van der Waals surface area contributed by atoms with Crippen LogP contribution in [0.3, 0.4) is 0 Å². The average molecular weight is 221 g/mol. The molecule has 1 aromatic carbocycles. The van der Waals surface area contributed by atoms with Crippen molar-refractivity contribution in [3.05, 3.63) is 24.3 Å². The molecule has 1 fully saturated rings. The lowest BCUT2D eigenvalue weighted by Gasteiger charge is -2.17. The largest absolute Gasteiger partial charge is 0.482 e. The number of carboxylic acids is 1. The molecule has 1 aliphatic heterocycles. The summed E-state index contributed by atoms with van der Waals surface area (Å²) in [4.78, 5) is 12.6. The lowest BCUT2D eigenvalue weighted by atomic mass is 10.3. The Hall–Kier alpha value is -1.71. The van der Waals surface area contributed by atoms with Crippen LogP contribution in [0.15, 0.2) is 24.3 Å². The van der Waals surface area contributed by atoms with E-state index in [2.05, 4.69) is 4.90 Å². The molecular weight excluding hydrogens is 206 g/mol. The van der Waals surface area contributed by atoms with Gasteiger partial charge in [-0.1, -0.05) is 0 Å². The minimum atomic E-state index is -0.955. The van der Waals surface area contributed by atoms with Gasteiger partial charge in [-0.15, -0.1) is 0 Å². The van der Waals surface area contributed by atoms with Crippen LogP contribution in [-0.4, -0.2) is 30.8 Å². The van der Waals surface area contributed by atoms with Crippen LogP contribution in [0.25, 0.3) is 0 Å². The molecule has 1 aliphatic rings. The Balaban J connectivity index is 1.95. The molecule has 0 aliphatic carbocycles. The Kier molecular flexibility index (Phi) is 3.29. The summed E-state index contributed by atoms with van der Waals surface area (Å²) in [5.74, 6) is -0.353. The second-order valence-corrected chi connectivity index (χ2v) is 3.87. The highest BCUT2D eigenvalue weighted by Crippen LogP contribution is 2.22. The standard InChI is InChI=1S/C12H15NO3/c14-12(15)9-16-11-5-3-10(4-6-11)13-7-1-2-8-13/h3-6H,1-2,7-9H2,(H,14,15). The maximum absolute atomic E-state index is 10.3. The fraction of sp³-hybridized carbons (Fsp3) is 0.417. The zero-order chi connectivity index (χ0) is 11.4. The van der Waals surface area contributed by atoms with Crippen molar-refractivity contribution < 1.29 is 14.6 Å². The smallest absolute Gasteiger partial charge is 0.341 e. The van der Waals surface area contributed by atoms with Crippen LogP contribution in [-0.2, 0) is 4.79 Å². The Morgan fingerprint density at radius 3 is 2.44 bits per heavy atom. The first-order valence-corrected chi connectivity index (χ1v) is 5.45. The molecule has 86 valence electrons. The van der Waals surface area contributed by atoms with E-state index in [1.54, 1.807) is 0 Å². The molecule has 16 heavy (non-hydrogen) atoms. The van der Waals surface area contributed by atoms with Crippen LogP contribution in [0.2, 0.25) is 0 Å². The van der Waals surface area contributed by atoms with Crippen LogP contribution in [0.1, 0.15) is 12.8 Å². The van der Waals surface area contributed by atoms with Crippen molar-refractivity contribution >= 4 is 11.7 Å². The number of carboxylic acid groups (broad SMARTS) is 1. The van der Waals surface area contributed by atoms with Crippen LogP contribution in [0.5, 0.6) is 5.75 Å². The van der Waals surface area contributed by atoms with Gasteiger partial charge in [0.2, 0.25) is 0 Å². The van der Waals surface area contributed by atoms with E-state index in [0.29, 0.717) is 5.75 Å². The van der Waals surface area contributed by atoms with E-state index in [1.165, 1.54) is 18.5 Å². The van der Waals surface area contributed by atoms with Gasteiger partial charge >= 0.3 is 5.97 Å². The number of carbonyl (C=O) groups is 1. The second-order valence-electron chi connectivity index (χ2n) is 3.87. The van der Waals surface area contributed by atoms with Crippen molar-refractivity contribution in [3.63, 3.8) is 0 Å². The SMILES string of the molecule is O=C(O)COc1ccc(N2CCCC2)cc1. The van der Waals surface area contributed by atoms with Gasteiger partial charge in [0.1, 0.15) is 5.75 Å².